The van der Waals surface area contributed by atoms with Crippen molar-refractivity contribution >= 4 is 11.6 Å². The lowest BCUT2D eigenvalue weighted by molar-refractivity contribution is -0.126. The van der Waals surface area contributed by atoms with E-state index in [1.807, 2.05) is 19.9 Å². The van der Waals surface area contributed by atoms with Crippen molar-refractivity contribution in [3.63, 3.8) is 0 Å². The number of rotatable bonds is 2. The molecule has 0 bridgehead atoms. The van der Waals surface area contributed by atoms with Crippen LogP contribution in [0.5, 0.6) is 0 Å². The minimum Gasteiger partial charge on any atom is -0.352 e. The molecule has 1 amide bonds. The predicted molar refractivity (Wildman–Crippen MR) is 82.4 cm³/mol. The first-order chi connectivity index (χ1) is 9.21. The van der Waals surface area contributed by atoms with Gasteiger partial charge in [-0.2, -0.15) is 0 Å². The monoisotopic (exact) mass is 275 g/mol. The Morgan fingerprint density at radius 2 is 2.00 bits per heavy atom. The molecule has 0 saturated heterocycles. The van der Waals surface area contributed by atoms with E-state index in [2.05, 4.69) is 49.3 Å². The van der Waals surface area contributed by atoms with E-state index in [1.54, 1.807) is 0 Å². The summed E-state index contributed by atoms with van der Waals surface area (Å²) in [7, 11) is 0. The summed E-state index contributed by atoms with van der Waals surface area (Å²) in [5, 5.41) is 0. The van der Waals surface area contributed by atoms with E-state index in [0.29, 0.717) is 5.92 Å². The number of hydrogen-bond donors (Lipinski definition) is 2. The van der Waals surface area contributed by atoms with Gasteiger partial charge in [0, 0.05) is 11.2 Å². The summed E-state index contributed by atoms with van der Waals surface area (Å²) in [4.78, 5) is 14.4. The van der Waals surface area contributed by atoms with Crippen LogP contribution in [0.2, 0.25) is 0 Å². The normalized spacial score (nSPS) is 21.3. The van der Waals surface area contributed by atoms with Gasteiger partial charge < -0.3 is 4.90 Å². The number of nitrogens with two attached hydrogens (primary N) is 1. The van der Waals surface area contributed by atoms with E-state index in [0.717, 1.165) is 12.1 Å². The quantitative estimate of drug-likeness (QED) is 0.495. The number of hydrogen-bond acceptors (Lipinski definition) is 3. The predicted octanol–water partition coefficient (Wildman–Crippen LogP) is 2.55. The van der Waals surface area contributed by atoms with E-state index in [4.69, 9.17) is 5.84 Å². The highest BCUT2D eigenvalue weighted by atomic mass is 16.2. The Labute approximate surface area is 121 Å². The number of hydrazine groups is 1. The Morgan fingerprint density at radius 3 is 2.60 bits per heavy atom. The van der Waals surface area contributed by atoms with Crippen LogP contribution in [0.1, 0.15) is 52.5 Å². The molecule has 0 unspecified atom stereocenters. The number of nitrogens with one attached hydrogen (secondary N) is 1. The Kier molecular flexibility index (Phi) is 3.54. The number of benzene rings is 1. The fourth-order valence-electron chi connectivity index (χ4n) is 3.72. The fraction of sp³-hybridized carbons (Fsp3) is 0.562. The van der Waals surface area contributed by atoms with Gasteiger partial charge in [-0.25, -0.2) is 5.84 Å². The van der Waals surface area contributed by atoms with Gasteiger partial charge in [-0.3, -0.25) is 10.2 Å². The first-order valence-electron chi connectivity index (χ1n) is 7.12. The molecule has 20 heavy (non-hydrogen) atoms. The molecule has 0 fully saturated rings. The van der Waals surface area contributed by atoms with Gasteiger partial charge in [-0.15, -0.1) is 0 Å². The summed E-state index contributed by atoms with van der Waals surface area (Å²) in [5.74, 6) is 5.68. The van der Waals surface area contributed by atoms with Gasteiger partial charge in [0.05, 0.1) is 0 Å². The minimum atomic E-state index is -0.700. The van der Waals surface area contributed by atoms with Crippen molar-refractivity contribution in [2.45, 2.75) is 58.0 Å². The summed E-state index contributed by atoms with van der Waals surface area (Å²) < 4.78 is 0. The molecule has 0 aliphatic carbocycles. The number of carbonyl (C=O) groups excluding carboxylic acids is 1. The average Bonchev–Trinajstić information content (AvgIpc) is 2.36. The third-order valence-electron chi connectivity index (χ3n) is 4.37. The highest BCUT2D eigenvalue weighted by Gasteiger charge is 2.46. The van der Waals surface area contributed by atoms with Crippen molar-refractivity contribution in [2.75, 3.05) is 4.90 Å². The number of nitrogens with zero attached hydrogens (tertiary/aromatic N) is 1. The van der Waals surface area contributed by atoms with Crippen molar-refractivity contribution in [3.05, 3.63) is 29.8 Å². The second kappa shape index (κ2) is 4.77. The van der Waals surface area contributed by atoms with Gasteiger partial charge in [0.2, 0.25) is 0 Å². The lowest BCUT2D eigenvalue weighted by Crippen LogP contribution is -2.65. The van der Waals surface area contributed by atoms with Crippen LogP contribution >= 0.6 is 0 Å². The smallest absolute Gasteiger partial charge is 0.259 e. The van der Waals surface area contributed by atoms with Crippen LogP contribution in [-0.2, 0) is 4.79 Å². The lowest BCUT2D eigenvalue weighted by Gasteiger charge is -2.54. The highest BCUT2D eigenvalue weighted by Crippen LogP contribution is 2.46. The molecule has 3 N–H and O–H groups in total. The molecule has 0 saturated carbocycles. The van der Waals surface area contributed by atoms with E-state index >= 15 is 0 Å². The number of carbonyl (C=O) groups is 1. The molecule has 0 radical (unpaired) electrons. The van der Waals surface area contributed by atoms with Crippen LogP contribution in [0.15, 0.2) is 24.3 Å². The SMILES string of the molecule is C[C@@H]1CC(C)(C)N(C(C)(C)C(=O)NN)c2ccccc21. The molecule has 4 nitrogen and oxygen atoms in total. The molecule has 2 rings (SSSR count). The first-order valence-corrected chi connectivity index (χ1v) is 7.12. The summed E-state index contributed by atoms with van der Waals surface area (Å²) in [6.45, 7) is 10.5. The van der Waals surface area contributed by atoms with Crippen molar-refractivity contribution in [2.24, 2.45) is 5.84 Å². The van der Waals surface area contributed by atoms with Gasteiger partial charge in [-0.1, -0.05) is 25.1 Å². The standard InChI is InChI=1S/C16H25N3O/c1-11-10-15(2,3)19(16(4,5)14(20)18-17)13-9-7-6-8-12(11)13/h6-9,11H,10,17H2,1-5H3,(H,18,20)/t11-/m1/s1. The van der Waals surface area contributed by atoms with Crippen LogP contribution in [0.3, 0.4) is 0 Å². The first kappa shape index (κ1) is 14.9. The van der Waals surface area contributed by atoms with Gasteiger partial charge in [0.1, 0.15) is 5.54 Å². The van der Waals surface area contributed by atoms with E-state index in [-0.39, 0.29) is 11.4 Å². The van der Waals surface area contributed by atoms with Crippen molar-refractivity contribution in [3.8, 4) is 0 Å². The Morgan fingerprint density at radius 1 is 1.40 bits per heavy atom. The third kappa shape index (κ3) is 2.18. The molecular formula is C16H25N3O. The van der Waals surface area contributed by atoms with Crippen molar-refractivity contribution in [1.29, 1.82) is 0 Å². The maximum absolute atomic E-state index is 12.2. The molecule has 1 aromatic rings. The van der Waals surface area contributed by atoms with Gasteiger partial charge in [0.15, 0.2) is 0 Å². The minimum absolute atomic E-state index is 0.107. The second-order valence-electron chi connectivity index (χ2n) is 6.84. The summed E-state index contributed by atoms with van der Waals surface area (Å²) >= 11 is 0. The summed E-state index contributed by atoms with van der Waals surface area (Å²) in [5.41, 5.74) is 3.92. The topological polar surface area (TPSA) is 58.4 Å². The molecule has 1 heterocycles. The number of para-hydroxylation sites is 1. The van der Waals surface area contributed by atoms with Crippen molar-refractivity contribution in [1.82, 2.24) is 5.43 Å². The van der Waals surface area contributed by atoms with Crippen LogP contribution in [0, 0.1) is 0 Å². The third-order valence-corrected chi connectivity index (χ3v) is 4.37. The second-order valence-corrected chi connectivity index (χ2v) is 6.84. The Bertz CT molecular complexity index is 522. The number of amides is 1. The van der Waals surface area contributed by atoms with E-state index in [1.165, 1.54) is 5.56 Å². The van der Waals surface area contributed by atoms with E-state index in [9.17, 15) is 4.79 Å². The van der Waals surface area contributed by atoms with Crippen LogP contribution in [0.25, 0.3) is 0 Å². The molecule has 1 aliphatic heterocycles. The Balaban J connectivity index is 2.60. The summed E-state index contributed by atoms with van der Waals surface area (Å²) in [6, 6.07) is 8.33. The number of anilines is 1. The molecule has 0 spiro atoms. The highest BCUT2D eigenvalue weighted by molar-refractivity contribution is 5.89. The summed E-state index contributed by atoms with van der Waals surface area (Å²) in [6.07, 6.45) is 1.01. The molecule has 4 heteroatoms. The molecule has 1 aromatic carbocycles. The zero-order chi connectivity index (χ0) is 15.1. The Hall–Kier alpha value is -1.55. The maximum atomic E-state index is 12.2. The van der Waals surface area contributed by atoms with Gasteiger partial charge in [0.25, 0.3) is 5.91 Å². The molecule has 110 valence electrons. The fourth-order valence-corrected chi connectivity index (χ4v) is 3.72. The van der Waals surface area contributed by atoms with Gasteiger partial charge >= 0.3 is 0 Å². The van der Waals surface area contributed by atoms with E-state index < -0.39 is 5.54 Å². The zero-order valence-electron chi connectivity index (χ0n) is 13.0. The van der Waals surface area contributed by atoms with Crippen molar-refractivity contribution < 1.29 is 4.79 Å². The largest absolute Gasteiger partial charge is 0.352 e. The maximum Gasteiger partial charge on any atom is 0.259 e. The van der Waals surface area contributed by atoms with Crippen LogP contribution in [-0.4, -0.2) is 17.0 Å². The average molecular weight is 275 g/mol. The van der Waals surface area contributed by atoms with Crippen LogP contribution < -0.4 is 16.2 Å². The molecule has 0 aromatic heterocycles. The van der Waals surface area contributed by atoms with Crippen LogP contribution in [0.4, 0.5) is 5.69 Å². The molecule has 1 atom stereocenters. The number of fused-ring (bicyclic) bond motifs is 1. The molecule has 1 aliphatic rings. The molecular weight excluding hydrogens is 250 g/mol. The zero-order valence-corrected chi connectivity index (χ0v) is 13.0. The van der Waals surface area contributed by atoms with Gasteiger partial charge in [-0.05, 0) is 51.7 Å². The lowest BCUT2D eigenvalue weighted by atomic mass is 9.77.